The Balaban J connectivity index is 1.97. The van der Waals surface area contributed by atoms with E-state index < -0.39 is 21.7 Å². The lowest BCUT2D eigenvalue weighted by molar-refractivity contribution is -0.141. The minimum atomic E-state index is -4.52. The molecule has 1 aliphatic heterocycles. The van der Waals surface area contributed by atoms with Crippen LogP contribution in [-0.2, 0) is 16.0 Å². The van der Waals surface area contributed by atoms with Crippen LogP contribution in [0.3, 0.4) is 0 Å². The molecule has 2 heterocycles. The highest BCUT2D eigenvalue weighted by molar-refractivity contribution is 7.91. The Kier molecular flexibility index (Phi) is 3.66. The van der Waals surface area contributed by atoms with Crippen LogP contribution in [0.2, 0.25) is 0 Å². The van der Waals surface area contributed by atoms with Gasteiger partial charge in [-0.15, -0.1) is 0 Å². The summed E-state index contributed by atoms with van der Waals surface area (Å²) in [5.41, 5.74) is -1.02. The molecule has 2 rings (SSSR count). The van der Waals surface area contributed by atoms with Gasteiger partial charge in [-0.1, -0.05) is 0 Å². The topological polar surface area (TPSA) is 72.0 Å². The summed E-state index contributed by atoms with van der Waals surface area (Å²) in [5.74, 6) is -0.0656. The number of nitrogens with zero attached hydrogens (tertiary/aromatic N) is 2. The zero-order chi connectivity index (χ0) is 14.1. The first kappa shape index (κ1) is 14.0. The normalized spacial score (nSPS) is 22.4. The third-order valence-corrected chi connectivity index (χ3v) is 4.66. The Labute approximate surface area is 108 Å². The molecule has 0 saturated carbocycles. The van der Waals surface area contributed by atoms with Crippen LogP contribution in [-0.4, -0.2) is 36.4 Å². The Morgan fingerprint density at radius 3 is 2.74 bits per heavy atom. The van der Waals surface area contributed by atoms with Gasteiger partial charge in [0, 0.05) is 12.7 Å². The molecule has 0 spiro atoms. The molecule has 1 saturated heterocycles. The van der Waals surface area contributed by atoms with Crippen molar-refractivity contribution in [1.82, 2.24) is 9.97 Å². The summed E-state index contributed by atoms with van der Waals surface area (Å²) in [6.45, 7) is 0.251. The van der Waals surface area contributed by atoms with Gasteiger partial charge in [0.05, 0.1) is 11.5 Å². The van der Waals surface area contributed by atoms with Crippen molar-refractivity contribution in [2.75, 3.05) is 23.4 Å². The summed E-state index contributed by atoms with van der Waals surface area (Å²) in [5, 5.41) is 2.65. The van der Waals surface area contributed by atoms with Gasteiger partial charge in [0.1, 0.15) is 5.69 Å². The molecular formula is C10H12F3N3O2S. The molecule has 1 aromatic rings. The zero-order valence-electron chi connectivity index (χ0n) is 9.81. The fourth-order valence-electron chi connectivity index (χ4n) is 1.87. The maximum atomic E-state index is 12.4. The largest absolute Gasteiger partial charge is 0.433 e. The molecule has 1 aromatic heterocycles. The first-order valence-corrected chi connectivity index (χ1v) is 7.43. The standard InChI is InChI=1S/C10H12F3N3O2S/c11-10(12,13)8-1-3-14-9(16-8)15-5-7-2-4-19(17,18)6-7/h1,3,7H,2,4-6H2,(H,14,15,16). The van der Waals surface area contributed by atoms with Gasteiger partial charge >= 0.3 is 6.18 Å². The van der Waals surface area contributed by atoms with Crippen LogP contribution in [0.25, 0.3) is 0 Å². The van der Waals surface area contributed by atoms with E-state index in [0.717, 1.165) is 12.3 Å². The Morgan fingerprint density at radius 1 is 1.42 bits per heavy atom. The lowest BCUT2D eigenvalue weighted by atomic mass is 10.1. The van der Waals surface area contributed by atoms with Crippen molar-refractivity contribution < 1.29 is 21.6 Å². The van der Waals surface area contributed by atoms with Gasteiger partial charge in [0.2, 0.25) is 5.95 Å². The van der Waals surface area contributed by atoms with Crippen molar-refractivity contribution in [2.24, 2.45) is 5.92 Å². The van der Waals surface area contributed by atoms with E-state index in [1.807, 2.05) is 0 Å². The van der Waals surface area contributed by atoms with Crippen molar-refractivity contribution in [3.05, 3.63) is 18.0 Å². The SMILES string of the molecule is O=S1(=O)CCC(CNc2nccc(C(F)(F)F)n2)C1. The third-order valence-electron chi connectivity index (χ3n) is 2.82. The fourth-order valence-corrected chi connectivity index (χ4v) is 3.73. The number of nitrogens with one attached hydrogen (secondary N) is 1. The first-order valence-electron chi connectivity index (χ1n) is 5.61. The maximum Gasteiger partial charge on any atom is 0.433 e. The summed E-state index contributed by atoms with van der Waals surface area (Å²) in [6.07, 6.45) is -2.99. The summed E-state index contributed by atoms with van der Waals surface area (Å²) in [6, 6.07) is 0.783. The second-order valence-corrected chi connectivity index (χ2v) is 6.64. The molecule has 9 heteroatoms. The molecule has 1 fully saturated rings. The van der Waals surface area contributed by atoms with Crippen LogP contribution in [0, 0.1) is 5.92 Å². The Morgan fingerprint density at radius 2 is 2.16 bits per heavy atom. The predicted octanol–water partition coefficient (Wildman–Crippen LogP) is 1.34. The van der Waals surface area contributed by atoms with E-state index in [9.17, 15) is 21.6 Å². The average Bonchev–Trinajstić information content (AvgIpc) is 2.66. The van der Waals surface area contributed by atoms with Gasteiger partial charge in [0.15, 0.2) is 9.84 Å². The van der Waals surface area contributed by atoms with E-state index in [0.29, 0.717) is 6.42 Å². The van der Waals surface area contributed by atoms with Gasteiger partial charge < -0.3 is 5.32 Å². The van der Waals surface area contributed by atoms with E-state index in [-0.39, 0.29) is 29.9 Å². The molecular weight excluding hydrogens is 283 g/mol. The molecule has 0 radical (unpaired) electrons. The highest BCUT2D eigenvalue weighted by atomic mass is 32.2. The molecule has 0 amide bonds. The first-order chi connectivity index (χ1) is 8.76. The zero-order valence-corrected chi connectivity index (χ0v) is 10.6. The number of hydrogen-bond donors (Lipinski definition) is 1. The monoisotopic (exact) mass is 295 g/mol. The fraction of sp³-hybridized carbons (Fsp3) is 0.600. The molecule has 0 bridgehead atoms. The van der Waals surface area contributed by atoms with Crippen molar-refractivity contribution in [3.63, 3.8) is 0 Å². The van der Waals surface area contributed by atoms with Crippen molar-refractivity contribution in [1.29, 1.82) is 0 Å². The number of anilines is 1. The molecule has 5 nitrogen and oxygen atoms in total. The van der Waals surface area contributed by atoms with Gasteiger partial charge in [-0.2, -0.15) is 13.2 Å². The number of rotatable bonds is 3. The molecule has 0 aliphatic carbocycles. The quantitative estimate of drug-likeness (QED) is 0.911. The number of hydrogen-bond acceptors (Lipinski definition) is 5. The predicted molar refractivity (Wildman–Crippen MR) is 62.3 cm³/mol. The van der Waals surface area contributed by atoms with Crippen molar-refractivity contribution in [3.8, 4) is 0 Å². The van der Waals surface area contributed by atoms with Crippen LogP contribution in [0.4, 0.5) is 19.1 Å². The highest BCUT2D eigenvalue weighted by Gasteiger charge is 2.33. The van der Waals surface area contributed by atoms with E-state index in [4.69, 9.17) is 0 Å². The molecule has 19 heavy (non-hydrogen) atoms. The van der Waals surface area contributed by atoms with Gasteiger partial charge in [-0.25, -0.2) is 18.4 Å². The molecule has 1 N–H and O–H groups in total. The second-order valence-electron chi connectivity index (χ2n) is 4.41. The van der Waals surface area contributed by atoms with Crippen LogP contribution in [0.15, 0.2) is 12.3 Å². The Bertz CT molecular complexity index is 559. The van der Waals surface area contributed by atoms with Crippen LogP contribution in [0.5, 0.6) is 0 Å². The smallest absolute Gasteiger partial charge is 0.354 e. The maximum absolute atomic E-state index is 12.4. The molecule has 0 aromatic carbocycles. The molecule has 1 atom stereocenters. The van der Waals surface area contributed by atoms with Gasteiger partial charge in [-0.05, 0) is 18.4 Å². The molecule has 1 aliphatic rings. The van der Waals surface area contributed by atoms with E-state index in [1.54, 1.807) is 0 Å². The van der Waals surface area contributed by atoms with Crippen molar-refractivity contribution in [2.45, 2.75) is 12.6 Å². The Hall–Kier alpha value is -1.38. The molecule has 106 valence electrons. The summed E-state index contributed by atoms with van der Waals surface area (Å²) < 4.78 is 59.7. The number of aromatic nitrogens is 2. The molecule has 1 unspecified atom stereocenters. The number of alkyl halides is 3. The summed E-state index contributed by atoms with van der Waals surface area (Å²) in [4.78, 5) is 7.02. The van der Waals surface area contributed by atoms with E-state index >= 15 is 0 Å². The van der Waals surface area contributed by atoms with Crippen LogP contribution < -0.4 is 5.32 Å². The van der Waals surface area contributed by atoms with Gasteiger partial charge in [-0.3, -0.25) is 0 Å². The lowest BCUT2D eigenvalue weighted by Gasteiger charge is -2.11. The number of halogens is 3. The minimum Gasteiger partial charge on any atom is -0.354 e. The van der Waals surface area contributed by atoms with E-state index in [1.165, 1.54) is 0 Å². The second kappa shape index (κ2) is 4.95. The lowest BCUT2D eigenvalue weighted by Crippen LogP contribution is -2.18. The third kappa shape index (κ3) is 3.79. The van der Waals surface area contributed by atoms with E-state index in [2.05, 4.69) is 15.3 Å². The summed E-state index contributed by atoms with van der Waals surface area (Å²) >= 11 is 0. The van der Waals surface area contributed by atoms with Crippen LogP contribution >= 0.6 is 0 Å². The highest BCUT2D eigenvalue weighted by Crippen LogP contribution is 2.27. The van der Waals surface area contributed by atoms with Gasteiger partial charge in [0.25, 0.3) is 0 Å². The van der Waals surface area contributed by atoms with Crippen LogP contribution in [0.1, 0.15) is 12.1 Å². The average molecular weight is 295 g/mol. The number of sulfone groups is 1. The summed E-state index contributed by atoms with van der Waals surface area (Å²) in [7, 11) is -2.99. The minimum absolute atomic E-state index is 0.0545. The van der Waals surface area contributed by atoms with Crippen molar-refractivity contribution >= 4 is 15.8 Å².